The van der Waals surface area contributed by atoms with Gasteiger partial charge in [-0.15, -0.1) is 0 Å². The van der Waals surface area contributed by atoms with E-state index in [0.29, 0.717) is 22.6 Å². The van der Waals surface area contributed by atoms with Crippen molar-refractivity contribution in [2.75, 3.05) is 5.73 Å². The van der Waals surface area contributed by atoms with Crippen LogP contribution in [0.5, 0.6) is 0 Å². The summed E-state index contributed by atoms with van der Waals surface area (Å²) in [6.07, 6.45) is 1.24. The van der Waals surface area contributed by atoms with Crippen LogP contribution in [0.1, 0.15) is 0 Å². The Balaban J connectivity index is 2.20. The largest absolute Gasteiger partial charge is 0.381 e. The van der Waals surface area contributed by atoms with Crippen molar-refractivity contribution in [1.82, 2.24) is 15.1 Å². The molecule has 3 aromatic rings. The minimum absolute atomic E-state index is 0.228. The average Bonchev–Trinajstić information content (AvgIpc) is 2.75. The molecule has 0 aliphatic heterocycles. The van der Waals surface area contributed by atoms with E-state index >= 15 is 0 Å². The molecule has 0 aliphatic carbocycles. The quantitative estimate of drug-likeness (QED) is 0.651. The molecular formula is C11H8N4O2. The number of aromatic nitrogens is 3. The standard InChI is InChI=1S/C11H8N4O2/c12-10-4-9(17-15-10)6-1-2-7-8(3-6)13-5-11(16)14-7/h1-5H,(H2,12,15)(H,14,16). The lowest BCUT2D eigenvalue weighted by atomic mass is 10.1. The number of aromatic amines is 1. The predicted octanol–water partition coefficient (Wildman–Crippen LogP) is 1.16. The summed E-state index contributed by atoms with van der Waals surface area (Å²) in [5, 5.41) is 3.61. The van der Waals surface area contributed by atoms with Crippen LogP contribution in [0, 0.1) is 0 Å². The van der Waals surface area contributed by atoms with Crippen LogP contribution in [-0.2, 0) is 0 Å². The summed E-state index contributed by atoms with van der Waals surface area (Å²) in [6, 6.07) is 7.00. The van der Waals surface area contributed by atoms with Crippen molar-refractivity contribution in [2.45, 2.75) is 0 Å². The number of nitrogen functional groups attached to an aromatic ring is 1. The SMILES string of the molecule is Nc1cc(-c2ccc3[nH]c(=O)cnc3c2)on1. The van der Waals surface area contributed by atoms with E-state index in [2.05, 4.69) is 15.1 Å². The lowest BCUT2D eigenvalue weighted by Crippen LogP contribution is -2.04. The lowest BCUT2D eigenvalue weighted by Gasteiger charge is -1.98. The summed E-state index contributed by atoms with van der Waals surface area (Å²) in [4.78, 5) is 17.8. The first-order chi connectivity index (χ1) is 8.22. The van der Waals surface area contributed by atoms with E-state index in [1.807, 2.05) is 0 Å². The minimum atomic E-state index is -0.228. The fourth-order valence-corrected chi connectivity index (χ4v) is 1.62. The summed E-state index contributed by atoms with van der Waals surface area (Å²) in [5.41, 5.74) is 7.41. The molecule has 17 heavy (non-hydrogen) atoms. The van der Waals surface area contributed by atoms with Crippen LogP contribution in [0.25, 0.3) is 22.4 Å². The van der Waals surface area contributed by atoms with Gasteiger partial charge in [0.1, 0.15) is 0 Å². The molecule has 0 saturated carbocycles. The number of nitrogens with one attached hydrogen (secondary N) is 1. The highest BCUT2D eigenvalue weighted by Crippen LogP contribution is 2.23. The van der Waals surface area contributed by atoms with Crippen LogP contribution in [0.3, 0.4) is 0 Å². The summed E-state index contributed by atoms with van der Waals surface area (Å²) in [7, 11) is 0. The van der Waals surface area contributed by atoms with Gasteiger partial charge in [0, 0.05) is 11.6 Å². The van der Waals surface area contributed by atoms with Gasteiger partial charge < -0.3 is 15.2 Å². The fraction of sp³-hybridized carbons (Fsp3) is 0. The maximum absolute atomic E-state index is 11.1. The topological polar surface area (TPSA) is 97.8 Å². The molecule has 0 spiro atoms. The van der Waals surface area contributed by atoms with Crippen LogP contribution in [-0.4, -0.2) is 15.1 Å². The smallest absolute Gasteiger partial charge is 0.266 e. The molecule has 2 heterocycles. The van der Waals surface area contributed by atoms with Crippen molar-refractivity contribution in [3.63, 3.8) is 0 Å². The second-order valence-electron chi connectivity index (χ2n) is 3.60. The summed E-state index contributed by atoms with van der Waals surface area (Å²) in [5.74, 6) is 0.895. The highest BCUT2D eigenvalue weighted by atomic mass is 16.5. The lowest BCUT2D eigenvalue weighted by molar-refractivity contribution is 0.436. The Bertz CT molecular complexity index is 744. The number of benzene rings is 1. The van der Waals surface area contributed by atoms with Crippen molar-refractivity contribution < 1.29 is 4.52 Å². The van der Waals surface area contributed by atoms with Crippen molar-refractivity contribution in [3.8, 4) is 11.3 Å². The van der Waals surface area contributed by atoms with Gasteiger partial charge in [-0.05, 0) is 18.2 Å². The monoisotopic (exact) mass is 228 g/mol. The Morgan fingerprint density at radius 1 is 1.29 bits per heavy atom. The molecule has 0 amide bonds. The van der Waals surface area contributed by atoms with Crippen LogP contribution in [0.4, 0.5) is 5.82 Å². The molecule has 0 aliphatic rings. The maximum Gasteiger partial charge on any atom is 0.266 e. The van der Waals surface area contributed by atoms with E-state index in [0.717, 1.165) is 5.56 Å². The van der Waals surface area contributed by atoms with Crippen LogP contribution in [0.15, 0.2) is 39.8 Å². The average molecular weight is 228 g/mol. The number of nitrogens with two attached hydrogens (primary N) is 1. The normalized spacial score (nSPS) is 10.8. The minimum Gasteiger partial charge on any atom is -0.381 e. The Hall–Kier alpha value is -2.63. The molecule has 0 unspecified atom stereocenters. The molecule has 3 N–H and O–H groups in total. The number of H-pyrrole nitrogens is 1. The van der Waals surface area contributed by atoms with Gasteiger partial charge in [-0.3, -0.25) is 4.79 Å². The number of hydrogen-bond donors (Lipinski definition) is 2. The van der Waals surface area contributed by atoms with Crippen LogP contribution in [0.2, 0.25) is 0 Å². The van der Waals surface area contributed by atoms with E-state index in [1.54, 1.807) is 24.3 Å². The van der Waals surface area contributed by atoms with Crippen LogP contribution >= 0.6 is 0 Å². The summed E-state index contributed by atoms with van der Waals surface area (Å²) >= 11 is 0. The maximum atomic E-state index is 11.1. The van der Waals surface area contributed by atoms with Gasteiger partial charge in [0.2, 0.25) is 0 Å². The highest BCUT2D eigenvalue weighted by Gasteiger charge is 2.06. The first-order valence-electron chi connectivity index (χ1n) is 4.94. The highest BCUT2D eigenvalue weighted by molar-refractivity contribution is 5.80. The van der Waals surface area contributed by atoms with E-state index < -0.39 is 0 Å². The number of hydrogen-bond acceptors (Lipinski definition) is 5. The summed E-state index contributed by atoms with van der Waals surface area (Å²) in [6.45, 7) is 0. The Morgan fingerprint density at radius 3 is 2.94 bits per heavy atom. The molecular weight excluding hydrogens is 220 g/mol. The second-order valence-corrected chi connectivity index (χ2v) is 3.60. The van der Waals surface area contributed by atoms with Crippen molar-refractivity contribution >= 4 is 16.9 Å². The Morgan fingerprint density at radius 2 is 2.18 bits per heavy atom. The molecule has 0 atom stereocenters. The van der Waals surface area contributed by atoms with Gasteiger partial charge in [0.25, 0.3) is 5.56 Å². The van der Waals surface area contributed by atoms with Crippen molar-refractivity contribution in [2.24, 2.45) is 0 Å². The third-order valence-electron chi connectivity index (χ3n) is 2.39. The molecule has 0 bridgehead atoms. The van der Waals surface area contributed by atoms with E-state index in [1.165, 1.54) is 6.20 Å². The molecule has 0 fully saturated rings. The number of anilines is 1. The molecule has 0 saturated heterocycles. The molecule has 2 aromatic heterocycles. The Kier molecular flexibility index (Phi) is 1.94. The molecule has 6 heteroatoms. The third-order valence-corrected chi connectivity index (χ3v) is 2.39. The van der Waals surface area contributed by atoms with Gasteiger partial charge in [0.15, 0.2) is 11.6 Å². The first-order valence-corrected chi connectivity index (χ1v) is 4.94. The molecule has 1 aromatic carbocycles. The fourth-order valence-electron chi connectivity index (χ4n) is 1.62. The first kappa shape index (κ1) is 9.59. The molecule has 6 nitrogen and oxygen atoms in total. The van der Waals surface area contributed by atoms with Gasteiger partial charge in [0.05, 0.1) is 17.2 Å². The number of nitrogens with zero attached hydrogens (tertiary/aromatic N) is 2. The van der Waals surface area contributed by atoms with Gasteiger partial charge >= 0.3 is 0 Å². The summed E-state index contributed by atoms with van der Waals surface area (Å²) < 4.78 is 5.05. The zero-order valence-electron chi connectivity index (χ0n) is 8.68. The van der Waals surface area contributed by atoms with E-state index in [4.69, 9.17) is 10.3 Å². The molecule has 84 valence electrons. The van der Waals surface area contributed by atoms with E-state index in [-0.39, 0.29) is 5.56 Å². The van der Waals surface area contributed by atoms with Gasteiger partial charge in [-0.2, -0.15) is 0 Å². The van der Waals surface area contributed by atoms with Crippen LogP contribution < -0.4 is 11.3 Å². The van der Waals surface area contributed by atoms with Crippen molar-refractivity contribution in [3.05, 3.63) is 40.8 Å². The zero-order valence-corrected chi connectivity index (χ0v) is 8.68. The van der Waals surface area contributed by atoms with Gasteiger partial charge in [-0.25, -0.2) is 4.98 Å². The number of rotatable bonds is 1. The Labute approximate surface area is 95.1 Å². The second kappa shape index (κ2) is 3.44. The number of fused-ring (bicyclic) bond motifs is 1. The molecule has 3 rings (SSSR count). The van der Waals surface area contributed by atoms with Gasteiger partial charge in [-0.1, -0.05) is 5.16 Å². The van der Waals surface area contributed by atoms with E-state index in [9.17, 15) is 4.79 Å². The predicted molar refractivity (Wildman–Crippen MR) is 62.3 cm³/mol. The molecule has 0 radical (unpaired) electrons. The third kappa shape index (κ3) is 1.65. The zero-order chi connectivity index (χ0) is 11.8. The van der Waals surface area contributed by atoms with Crippen molar-refractivity contribution in [1.29, 1.82) is 0 Å².